The van der Waals surface area contributed by atoms with Crippen LogP contribution in [0.4, 0.5) is 4.79 Å². The van der Waals surface area contributed by atoms with Gasteiger partial charge >= 0.3 is 6.09 Å². The van der Waals surface area contributed by atoms with Crippen molar-refractivity contribution in [3.63, 3.8) is 0 Å². The first-order valence-electron chi connectivity index (χ1n) is 9.43. The van der Waals surface area contributed by atoms with E-state index in [1.54, 1.807) is 0 Å². The van der Waals surface area contributed by atoms with Gasteiger partial charge in [0.25, 0.3) is 0 Å². The molecule has 0 fully saturated rings. The number of nitrogens with two attached hydrogens (primary N) is 1. The summed E-state index contributed by atoms with van der Waals surface area (Å²) in [5, 5.41) is 0. The summed E-state index contributed by atoms with van der Waals surface area (Å²) in [6, 6.07) is 26.7. The summed E-state index contributed by atoms with van der Waals surface area (Å²) >= 11 is 0. The normalized spacial score (nSPS) is 17.6. The number of hydrogen-bond acceptors (Lipinski definition) is 3. The molecule has 0 bridgehead atoms. The quantitative estimate of drug-likeness (QED) is 0.701. The van der Waals surface area contributed by atoms with Crippen molar-refractivity contribution < 1.29 is 14.3 Å². The van der Waals surface area contributed by atoms with E-state index in [2.05, 4.69) is 42.5 Å². The Morgan fingerprint density at radius 2 is 1.61 bits per heavy atom. The summed E-state index contributed by atoms with van der Waals surface area (Å²) in [4.78, 5) is 11.3. The van der Waals surface area contributed by atoms with Gasteiger partial charge in [-0.3, -0.25) is 0 Å². The highest BCUT2D eigenvalue weighted by atomic mass is 16.6. The number of carbonyl (C=O) groups is 1. The minimum Gasteiger partial charge on any atom is -0.482 e. The topological polar surface area (TPSA) is 61.6 Å². The Kier molecular flexibility index (Phi) is 5.02. The highest BCUT2D eigenvalue weighted by Crippen LogP contribution is 2.40. The molecule has 0 saturated carbocycles. The molecule has 2 N–H and O–H groups in total. The second-order valence-corrected chi connectivity index (χ2v) is 7.30. The predicted molar refractivity (Wildman–Crippen MR) is 108 cm³/mol. The van der Waals surface area contributed by atoms with Crippen molar-refractivity contribution in [1.29, 1.82) is 0 Å². The van der Waals surface area contributed by atoms with Crippen LogP contribution >= 0.6 is 0 Å². The maximum atomic E-state index is 11.3. The lowest BCUT2D eigenvalue weighted by Gasteiger charge is -2.28. The molecule has 0 spiro atoms. The third-order valence-electron chi connectivity index (χ3n) is 5.09. The number of fused-ring (bicyclic) bond motifs is 1. The van der Waals surface area contributed by atoms with Crippen LogP contribution in [0.15, 0.2) is 78.9 Å². The Morgan fingerprint density at radius 3 is 2.29 bits per heavy atom. The van der Waals surface area contributed by atoms with Crippen molar-refractivity contribution in [3.05, 3.63) is 101 Å². The number of ether oxygens (including phenoxy) is 2. The number of para-hydroxylation sites is 1. The molecule has 1 aliphatic heterocycles. The largest absolute Gasteiger partial charge is 0.482 e. The molecule has 1 heterocycles. The minimum absolute atomic E-state index is 0.122. The second kappa shape index (κ2) is 7.77. The summed E-state index contributed by atoms with van der Waals surface area (Å²) in [5.74, 6) is 0.898. The van der Waals surface area contributed by atoms with E-state index in [1.165, 1.54) is 5.56 Å². The molecule has 0 aromatic heterocycles. The third-order valence-corrected chi connectivity index (χ3v) is 5.09. The van der Waals surface area contributed by atoms with Gasteiger partial charge in [-0.1, -0.05) is 78.9 Å². The molecule has 1 unspecified atom stereocenters. The lowest BCUT2D eigenvalue weighted by Crippen LogP contribution is -2.43. The number of amides is 1. The van der Waals surface area contributed by atoms with Crippen LogP contribution in [0.25, 0.3) is 0 Å². The molecular formula is C24H23NO3. The lowest BCUT2D eigenvalue weighted by atomic mass is 9.90. The van der Waals surface area contributed by atoms with Gasteiger partial charge in [-0.15, -0.1) is 0 Å². The van der Waals surface area contributed by atoms with Crippen LogP contribution < -0.4 is 10.5 Å². The Balaban J connectivity index is 1.63. The van der Waals surface area contributed by atoms with Crippen LogP contribution in [-0.4, -0.2) is 18.3 Å². The highest BCUT2D eigenvalue weighted by molar-refractivity contribution is 5.64. The fourth-order valence-corrected chi connectivity index (χ4v) is 3.86. The second-order valence-electron chi connectivity index (χ2n) is 7.30. The van der Waals surface area contributed by atoms with Crippen molar-refractivity contribution in [2.24, 2.45) is 5.73 Å². The molecule has 4 rings (SSSR count). The van der Waals surface area contributed by atoms with Gasteiger partial charge in [0.05, 0.1) is 0 Å². The first-order chi connectivity index (χ1) is 13.6. The molecule has 0 radical (unpaired) electrons. The van der Waals surface area contributed by atoms with Crippen molar-refractivity contribution in [2.75, 3.05) is 6.61 Å². The van der Waals surface area contributed by atoms with E-state index < -0.39 is 11.7 Å². The van der Waals surface area contributed by atoms with Crippen LogP contribution in [0.1, 0.15) is 22.3 Å². The van der Waals surface area contributed by atoms with Gasteiger partial charge in [0.15, 0.2) is 5.60 Å². The van der Waals surface area contributed by atoms with E-state index in [-0.39, 0.29) is 6.61 Å². The number of benzene rings is 3. The zero-order valence-corrected chi connectivity index (χ0v) is 15.6. The predicted octanol–water partition coefficient (Wildman–Crippen LogP) is 4.29. The molecule has 3 aromatic rings. The zero-order valence-electron chi connectivity index (χ0n) is 15.6. The van der Waals surface area contributed by atoms with E-state index in [9.17, 15) is 4.79 Å². The highest BCUT2D eigenvalue weighted by Gasteiger charge is 2.41. The molecule has 4 heteroatoms. The summed E-state index contributed by atoms with van der Waals surface area (Å²) in [6.07, 6.45) is 1.33. The Morgan fingerprint density at radius 1 is 0.929 bits per heavy atom. The summed E-state index contributed by atoms with van der Waals surface area (Å²) in [5.41, 5.74) is 9.23. The summed E-state index contributed by atoms with van der Waals surface area (Å²) < 4.78 is 11.7. The SMILES string of the molecule is NC(=O)OCC1(Cc2ccccc2)Cc2cccc(Cc3ccccc3)c2O1. The molecule has 1 amide bonds. The van der Waals surface area contributed by atoms with Gasteiger partial charge in [-0.05, 0) is 22.3 Å². The molecular weight excluding hydrogens is 350 g/mol. The van der Waals surface area contributed by atoms with Crippen molar-refractivity contribution in [1.82, 2.24) is 0 Å². The van der Waals surface area contributed by atoms with Gasteiger partial charge < -0.3 is 15.2 Å². The van der Waals surface area contributed by atoms with Crippen molar-refractivity contribution in [2.45, 2.75) is 24.9 Å². The van der Waals surface area contributed by atoms with E-state index in [1.807, 2.05) is 36.4 Å². The number of carbonyl (C=O) groups excluding carboxylic acids is 1. The molecule has 3 aromatic carbocycles. The van der Waals surface area contributed by atoms with Crippen LogP contribution in [0.2, 0.25) is 0 Å². The molecule has 4 nitrogen and oxygen atoms in total. The third kappa shape index (κ3) is 4.01. The fourth-order valence-electron chi connectivity index (χ4n) is 3.86. The molecule has 28 heavy (non-hydrogen) atoms. The number of hydrogen-bond donors (Lipinski definition) is 1. The van der Waals surface area contributed by atoms with E-state index in [0.29, 0.717) is 12.8 Å². The Labute approximate surface area is 164 Å². The maximum absolute atomic E-state index is 11.3. The number of primary amides is 1. The maximum Gasteiger partial charge on any atom is 0.404 e. The first kappa shape index (κ1) is 18.1. The first-order valence-corrected chi connectivity index (χ1v) is 9.43. The van der Waals surface area contributed by atoms with Crippen LogP contribution in [0.5, 0.6) is 5.75 Å². The minimum atomic E-state index is -0.781. The number of rotatable bonds is 6. The average Bonchev–Trinajstić information content (AvgIpc) is 3.08. The van der Waals surface area contributed by atoms with Crippen LogP contribution in [0, 0.1) is 0 Å². The fraction of sp³-hybridized carbons (Fsp3) is 0.208. The molecule has 0 aliphatic carbocycles. The summed E-state index contributed by atoms with van der Waals surface area (Å²) in [7, 11) is 0. The Bertz CT molecular complexity index is 956. The van der Waals surface area contributed by atoms with Crippen molar-refractivity contribution >= 4 is 6.09 Å². The van der Waals surface area contributed by atoms with E-state index >= 15 is 0 Å². The van der Waals surface area contributed by atoms with Gasteiger partial charge in [0.1, 0.15) is 12.4 Å². The van der Waals surface area contributed by atoms with Crippen molar-refractivity contribution in [3.8, 4) is 5.75 Å². The molecule has 0 saturated heterocycles. The van der Waals surface area contributed by atoms with Crippen LogP contribution in [-0.2, 0) is 24.0 Å². The average molecular weight is 373 g/mol. The lowest BCUT2D eigenvalue weighted by molar-refractivity contribution is 0.0178. The van der Waals surface area contributed by atoms with Gasteiger partial charge in [0.2, 0.25) is 0 Å². The van der Waals surface area contributed by atoms with E-state index in [0.717, 1.165) is 28.9 Å². The van der Waals surface area contributed by atoms with Gasteiger partial charge in [-0.25, -0.2) is 4.79 Å². The van der Waals surface area contributed by atoms with Gasteiger partial charge in [-0.2, -0.15) is 0 Å². The van der Waals surface area contributed by atoms with Gasteiger partial charge in [0, 0.05) is 19.3 Å². The molecule has 1 aliphatic rings. The zero-order chi connectivity index (χ0) is 19.4. The smallest absolute Gasteiger partial charge is 0.404 e. The summed E-state index contributed by atoms with van der Waals surface area (Å²) in [6.45, 7) is 0.122. The Hall–Kier alpha value is -3.27. The molecule has 1 atom stereocenters. The monoisotopic (exact) mass is 373 g/mol. The van der Waals surface area contributed by atoms with Crippen LogP contribution in [0.3, 0.4) is 0 Å². The standard InChI is InChI=1S/C24H23NO3/c25-23(26)27-17-24(15-19-10-5-2-6-11-19)16-21-13-7-12-20(22(21)28-24)14-18-8-3-1-4-9-18/h1-13H,14-17H2,(H2,25,26). The van der Waals surface area contributed by atoms with E-state index in [4.69, 9.17) is 15.2 Å². The molecule has 142 valence electrons.